The number of amides is 2. The van der Waals surface area contributed by atoms with Crippen LogP contribution in [0.3, 0.4) is 0 Å². The highest BCUT2D eigenvalue weighted by atomic mass is 32.2. The third kappa shape index (κ3) is 2.82. The van der Waals surface area contributed by atoms with E-state index in [0.29, 0.717) is 6.42 Å². The van der Waals surface area contributed by atoms with E-state index >= 15 is 0 Å². The third-order valence-corrected chi connectivity index (χ3v) is 5.54. The Morgan fingerprint density at radius 3 is 2.76 bits per heavy atom. The van der Waals surface area contributed by atoms with Crippen molar-refractivity contribution in [2.75, 3.05) is 11.9 Å². The van der Waals surface area contributed by atoms with Gasteiger partial charge in [0.05, 0.1) is 5.56 Å². The number of pyridine rings is 1. The van der Waals surface area contributed by atoms with E-state index in [0.717, 1.165) is 10.4 Å². The first-order valence-corrected chi connectivity index (χ1v) is 8.96. The van der Waals surface area contributed by atoms with Gasteiger partial charge in [-0.2, -0.15) is 0 Å². The van der Waals surface area contributed by atoms with Crippen LogP contribution < -0.4 is 5.32 Å². The number of nitrogens with zero attached hydrogens (tertiary/aromatic N) is 2. The molecule has 8 nitrogen and oxygen atoms in total. The summed E-state index contributed by atoms with van der Waals surface area (Å²) in [6.45, 7) is 1.85. The molecule has 2 amide bonds. The van der Waals surface area contributed by atoms with E-state index in [-0.39, 0.29) is 34.1 Å². The van der Waals surface area contributed by atoms with Crippen LogP contribution in [-0.2, 0) is 10.0 Å². The molecule has 130 valence electrons. The maximum absolute atomic E-state index is 12.5. The number of carbonyl (C=O) groups is 2. The number of anilines is 1. The Kier molecular flexibility index (Phi) is 4.17. The maximum Gasteiger partial charge on any atom is 0.269 e. The van der Waals surface area contributed by atoms with Crippen molar-refractivity contribution in [2.45, 2.75) is 18.2 Å². The molecule has 2 N–H and O–H groups in total. The lowest BCUT2D eigenvalue weighted by Crippen LogP contribution is -2.30. The minimum absolute atomic E-state index is 0.0403. The van der Waals surface area contributed by atoms with E-state index in [1.54, 1.807) is 6.92 Å². The first-order valence-electron chi connectivity index (χ1n) is 7.52. The summed E-state index contributed by atoms with van der Waals surface area (Å²) in [6.07, 6.45) is 1.88. The van der Waals surface area contributed by atoms with E-state index in [2.05, 4.69) is 10.3 Å². The average Bonchev–Trinajstić information content (AvgIpc) is 2.78. The Morgan fingerprint density at radius 1 is 1.32 bits per heavy atom. The van der Waals surface area contributed by atoms with Gasteiger partial charge >= 0.3 is 0 Å². The van der Waals surface area contributed by atoms with E-state index in [9.17, 15) is 23.1 Å². The zero-order valence-electron chi connectivity index (χ0n) is 13.3. The minimum Gasteiger partial charge on any atom is -0.504 e. The number of aromatic hydroxyl groups is 1. The molecule has 1 aliphatic heterocycles. The van der Waals surface area contributed by atoms with Crippen molar-refractivity contribution in [3.63, 3.8) is 0 Å². The van der Waals surface area contributed by atoms with Gasteiger partial charge in [0, 0.05) is 18.3 Å². The summed E-state index contributed by atoms with van der Waals surface area (Å²) in [6, 6.07) is 6.70. The lowest BCUT2D eigenvalue weighted by atomic mass is 10.1. The van der Waals surface area contributed by atoms with Gasteiger partial charge in [0.15, 0.2) is 11.6 Å². The van der Waals surface area contributed by atoms with Crippen LogP contribution in [0.1, 0.15) is 34.1 Å². The van der Waals surface area contributed by atoms with Crippen LogP contribution in [0.4, 0.5) is 5.82 Å². The fourth-order valence-electron chi connectivity index (χ4n) is 2.51. The highest BCUT2D eigenvalue weighted by molar-refractivity contribution is 7.90. The second-order valence-electron chi connectivity index (χ2n) is 5.42. The van der Waals surface area contributed by atoms with Crippen LogP contribution in [-0.4, -0.2) is 41.2 Å². The van der Waals surface area contributed by atoms with Crippen LogP contribution in [0.2, 0.25) is 0 Å². The van der Waals surface area contributed by atoms with Crippen molar-refractivity contribution < 1.29 is 23.1 Å². The predicted octanol–water partition coefficient (Wildman–Crippen LogP) is 1.59. The van der Waals surface area contributed by atoms with Crippen molar-refractivity contribution in [1.29, 1.82) is 0 Å². The zero-order valence-corrected chi connectivity index (χ0v) is 14.1. The number of carbonyl (C=O) groups excluding carboxylic acids is 2. The number of sulfonamides is 1. The smallest absolute Gasteiger partial charge is 0.269 e. The molecule has 2 heterocycles. The first-order chi connectivity index (χ1) is 11.9. The third-order valence-electron chi connectivity index (χ3n) is 3.71. The Balaban J connectivity index is 1.95. The van der Waals surface area contributed by atoms with Gasteiger partial charge in [-0.15, -0.1) is 0 Å². The Labute approximate surface area is 144 Å². The normalized spacial score (nSPS) is 15.1. The fourth-order valence-corrected chi connectivity index (χ4v) is 4.20. The van der Waals surface area contributed by atoms with Crippen molar-refractivity contribution in [2.24, 2.45) is 0 Å². The molecule has 1 aromatic heterocycles. The number of aromatic nitrogens is 1. The molecule has 0 saturated carbocycles. The first kappa shape index (κ1) is 16.9. The molecule has 0 radical (unpaired) electrons. The molecule has 0 spiro atoms. The SMILES string of the molecule is CCCN1C(=O)c2ccc(C(=O)Nc3ncccc3O)cc2S1(=O)=O. The average molecular weight is 361 g/mol. The highest BCUT2D eigenvalue weighted by Crippen LogP contribution is 2.31. The molecule has 0 unspecified atom stereocenters. The molecule has 0 aliphatic carbocycles. The van der Waals surface area contributed by atoms with Gasteiger partial charge < -0.3 is 10.4 Å². The molecular weight excluding hydrogens is 346 g/mol. The molecule has 3 rings (SSSR count). The number of benzene rings is 1. The van der Waals surface area contributed by atoms with Gasteiger partial charge in [-0.1, -0.05) is 6.92 Å². The number of hydrogen-bond acceptors (Lipinski definition) is 6. The summed E-state index contributed by atoms with van der Waals surface area (Å²) in [7, 11) is -3.96. The summed E-state index contributed by atoms with van der Waals surface area (Å²) >= 11 is 0. The summed E-state index contributed by atoms with van der Waals surface area (Å²) < 4.78 is 25.8. The van der Waals surface area contributed by atoms with Crippen molar-refractivity contribution in [3.8, 4) is 5.75 Å². The second kappa shape index (κ2) is 6.17. The fraction of sp³-hybridized carbons (Fsp3) is 0.188. The van der Waals surface area contributed by atoms with Gasteiger partial charge in [0.1, 0.15) is 4.90 Å². The minimum atomic E-state index is -3.96. The van der Waals surface area contributed by atoms with Gasteiger partial charge in [0.25, 0.3) is 21.8 Å². The lowest BCUT2D eigenvalue weighted by Gasteiger charge is -2.13. The molecular formula is C16H15N3O5S. The quantitative estimate of drug-likeness (QED) is 0.854. The topological polar surface area (TPSA) is 117 Å². The monoisotopic (exact) mass is 361 g/mol. The van der Waals surface area contributed by atoms with Crippen LogP contribution in [0.25, 0.3) is 0 Å². The largest absolute Gasteiger partial charge is 0.504 e. The molecule has 9 heteroatoms. The molecule has 2 aromatic rings. The molecule has 0 atom stereocenters. The second-order valence-corrected chi connectivity index (χ2v) is 7.25. The van der Waals surface area contributed by atoms with E-state index in [4.69, 9.17) is 0 Å². The van der Waals surface area contributed by atoms with Gasteiger partial charge in [-0.05, 0) is 36.8 Å². The molecule has 1 aromatic carbocycles. The number of fused-ring (bicyclic) bond motifs is 1. The molecule has 0 bridgehead atoms. The summed E-state index contributed by atoms with van der Waals surface area (Å²) in [5, 5.41) is 12.0. The van der Waals surface area contributed by atoms with Crippen LogP contribution in [0.15, 0.2) is 41.4 Å². The summed E-state index contributed by atoms with van der Waals surface area (Å²) in [5.41, 5.74) is 0.0872. The van der Waals surface area contributed by atoms with Gasteiger partial charge in [-0.3, -0.25) is 9.59 Å². The Morgan fingerprint density at radius 2 is 2.08 bits per heavy atom. The van der Waals surface area contributed by atoms with E-state index in [1.165, 1.54) is 30.5 Å². The van der Waals surface area contributed by atoms with E-state index in [1.807, 2.05) is 0 Å². The van der Waals surface area contributed by atoms with Crippen LogP contribution >= 0.6 is 0 Å². The Hall–Kier alpha value is -2.94. The highest BCUT2D eigenvalue weighted by Gasteiger charge is 2.40. The van der Waals surface area contributed by atoms with Crippen LogP contribution in [0.5, 0.6) is 5.75 Å². The lowest BCUT2D eigenvalue weighted by molar-refractivity contribution is 0.0870. The van der Waals surface area contributed by atoms with Gasteiger partial charge in [-0.25, -0.2) is 17.7 Å². The predicted molar refractivity (Wildman–Crippen MR) is 88.8 cm³/mol. The maximum atomic E-state index is 12.5. The van der Waals surface area contributed by atoms with Crippen LogP contribution in [0, 0.1) is 0 Å². The summed E-state index contributed by atoms with van der Waals surface area (Å²) in [4.78, 5) is 28.2. The zero-order chi connectivity index (χ0) is 18.2. The molecule has 0 saturated heterocycles. The van der Waals surface area contributed by atoms with Crippen molar-refractivity contribution in [3.05, 3.63) is 47.7 Å². The summed E-state index contributed by atoms with van der Waals surface area (Å²) in [5.74, 6) is -1.49. The Bertz CT molecular complexity index is 971. The number of rotatable bonds is 4. The molecule has 1 aliphatic rings. The standard InChI is InChI=1S/C16H15N3O5S/c1-2-8-19-16(22)11-6-5-10(9-13(11)25(19,23)24)15(21)18-14-12(20)4-3-7-17-14/h3-7,9,20H,2,8H2,1H3,(H,17,18,21). The molecule has 25 heavy (non-hydrogen) atoms. The van der Waals surface area contributed by atoms with Crippen molar-refractivity contribution in [1.82, 2.24) is 9.29 Å². The number of nitrogens with one attached hydrogen (secondary N) is 1. The number of hydrogen-bond donors (Lipinski definition) is 2. The molecule has 0 fully saturated rings. The van der Waals surface area contributed by atoms with Gasteiger partial charge in [0.2, 0.25) is 0 Å². The van der Waals surface area contributed by atoms with E-state index < -0.39 is 21.8 Å². The van der Waals surface area contributed by atoms with Crippen molar-refractivity contribution >= 4 is 27.7 Å².